The first-order valence-corrected chi connectivity index (χ1v) is 12.0. The van der Waals surface area contributed by atoms with E-state index in [0.717, 1.165) is 40.6 Å². The second-order valence-electron chi connectivity index (χ2n) is 9.19. The molecular weight excluding hydrogens is 485 g/mol. The van der Waals surface area contributed by atoms with E-state index in [1.165, 1.54) is 12.1 Å². The molecule has 5 rings (SSSR count). The highest BCUT2D eigenvalue weighted by atomic mass is 19.4. The van der Waals surface area contributed by atoms with Gasteiger partial charge in [-0.15, -0.1) is 0 Å². The summed E-state index contributed by atoms with van der Waals surface area (Å²) in [7, 11) is 0. The average Bonchev–Trinajstić information content (AvgIpc) is 3.51. The molecule has 1 fully saturated rings. The van der Waals surface area contributed by atoms with Gasteiger partial charge in [-0.3, -0.25) is 19.1 Å². The Morgan fingerprint density at radius 1 is 1.14 bits per heavy atom. The van der Waals surface area contributed by atoms with Crippen molar-refractivity contribution in [3.8, 4) is 0 Å². The van der Waals surface area contributed by atoms with E-state index in [4.69, 9.17) is 0 Å². The van der Waals surface area contributed by atoms with E-state index in [0.29, 0.717) is 24.5 Å². The van der Waals surface area contributed by atoms with Gasteiger partial charge in [-0.1, -0.05) is 35.9 Å². The molecule has 0 radical (unpaired) electrons. The van der Waals surface area contributed by atoms with E-state index >= 15 is 0 Å². The number of rotatable bonds is 5. The summed E-state index contributed by atoms with van der Waals surface area (Å²) in [6, 6.07) is 12.6. The number of imidazole rings is 1. The van der Waals surface area contributed by atoms with Crippen LogP contribution >= 0.6 is 0 Å². The summed E-state index contributed by atoms with van der Waals surface area (Å²) in [4.78, 5) is 31.6. The Hall–Kier alpha value is -4.15. The maximum Gasteiger partial charge on any atom is 0.431 e. The molecule has 1 atom stereocenters. The standard InChI is InChI=1S/C26H25F3N6O2/c1-16-8-10-17(11-9-16)13-24(36)31-22-14-18(32-33-22)20-5-2-3-12-34(20)25(37)19-15-35-21(26(27,28)29)6-4-7-23(35)30-19/h4,6-11,14-15,20H,2-3,5,12-13H2,1H3,(H2,31,32,33,36). The van der Waals surface area contributed by atoms with Crippen LogP contribution in [-0.4, -0.2) is 42.8 Å². The zero-order valence-corrected chi connectivity index (χ0v) is 20.0. The van der Waals surface area contributed by atoms with Crippen LogP contribution in [0.1, 0.15) is 58.3 Å². The van der Waals surface area contributed by atoms with E-state index in [1.54, 1.807) is 11.0 Å². The first-order chi connectivity index (χ1) is 17.7. The normalized spacial score (nSPS) is 16.2. The van der Waals surface area contributed by atoms with Crippen LogP contribution in [0.3, 0.4) is 0 Å². The summed E-state index contributed by atoms with van der Waals surface area (Å²) in [6.45, 7) is 2.40. The van der Waals surface area contributed by atoms with Gasteiger partial charge in [0.2, 0.25) is 5.91 Å². The van der Waals surface area contributed by atoms with Gasteiger partial charge in [-0.2, -0.15) is 18.3 Å². The number of aryl methyl sites for hydroxylation is 1. The third kappa shape index (κ3) is 5.20. The molecule has 2 amide bonds. The lowest BCUT2D eigenvalue weighted by molar-refractivity contribution is -0.142. The second kappa shape index (κ2) is 9.72. The molecule has 4 heterocycles. The fourth-order valence-corrected chi connectivity index (χ4v) is 4.64. The van der Waals surface area contributed by atoms with E-state index in [2.05, 4.69) is 20.5 Å². The predicted octanol–water partition coefficient (Wildman–Crippen LogP) is 4.93. The Morgan fingerprint density at radius 3 is 2.68 bits per heavy atom. The molecule has 37 heavy (non-hydrogen) atoms. The molecule has 8 nitrogen and oxygen atoms in total. The average molecular weight is 511 g/mol. The monoisotopic (exact) mass is 510 g/mol. The van der Waals surface area contributed by atoms with E-state index in [9.17, 15) is 22.8 Å². The van der Waals surface area contributed by atoms with Crippen LogP contribution < -0.4 is 5.32 Å². The number of aromatic amines is 1. The number of alkyl halides is 3. The van der Waals surface area contributed by atoms with Crippen molar-refractivity contribution in [2.24, 2.45) is 0 Å². The molecule has 0 spiro atoms. The number of pyridine rings is 1. The van der Waals surface area contributed by atoms with Crippen molar-refractivity contribution in [3.63, 3.8) is 0 Å². The maximum atomic E-state index is 13.4. The number of fused-ring (bicyclic) bond motifs is 1. The quantitative estimate of drug-likeness (QED) is 0.398. The van der Waals surface area contributed by atoms with Crippen LogP contribution in [0.5, 0.6) is 0 Å². The van der Waals surface area contributed by atoms with Crippen molar-refractivity contribution >= 4 is 23.3 Å². The minimum atomic E-state index is -4.58. The molecule has 1 aliphatic rings. The van der Waals surface area contributed by atoms with Crippen LogP contribution in [0.2, 0.25) is 0 Å². The Kier molecular flexibility index (Phi) is 6.45. The zero-order valence-electron chi connectivity index (χ0n) is 20.0. The summed E-state index contributed by atoms with van der Waals surface area (Å²) < 4.78 is 41.1. The highest BCUT2D eigenvalue weighted by Gasteiger charge is 2.35. The second-order valence-corrected chi connectivity index (χ2v) is 9.19. The number of nitrogens with one attached hydrogen (secondary N) is 2. The summed E-state index contributed by atoms with van der Waals surface area (Å²) in [6.07, 6.45) is -0.972. The molecule has 4 aromatic rings. The number of piperidine rings is 1. The van der Waals surface area contributed by atoms with Gasteiger partial charge in [0.25, 0.3) is 5.91 Å². The summed E-state index contributed by atoms with van der Waals surface area (Å²) in [5.41, 5.74) is 1.72. The molecule has 1 aliphatic heterocycles. The zero-order chi connectivity index (χ0) is 26.2. The van der Waals surface area contributed by atoms with E-state index in [-0.39, 0.29) is 29.7 Å². The molecule has 11 heteroatoms. The van der Waals surface area contributed by atoms with Gasteiger partial charge in [-0.25, -0.2) is 4.98 Å². The number of carbonyl (C=O) groups is 2. The number of hydrogen-bond donors (Lipinski definition) is 2. The maximum absolute atomic E-state index is 13.4. The minimum absolute atomic E-state index is 0.0480. The largest absolute Gasteiger partial charge is 0.431 e. The number of likely N-dealkylation sites (tertiary alicyclic amines) is 1. The number of aromatic nitrogens is 4. The molecule has 3 aromatic heterocycles. The lowest BCUT2D eigenvalue weighted by Crippen LogP contribution is -2.38. The fourth-order valence-electron chi connectivity index (χ4n) is 4.64. The van der Waals surface area contributed by atoms with Crippen LogP contribution in [0.4, 0.5) is 19.0 Å². The number of H-pyrrole nitrogens is 1. The number of carbonyl (C=O) groups excluding carboxylic acids is 2. The van der Waals surface area contributed by atoms with Crippen molar-refractivity contribution in [2.75, 3.05) is 11.9 Å². The summed E-state index contributed by atoms with van der Waals surface area (Å²) in [5.74, 6) is -0.336. The van der Waals surface area contributed by atoms with Crippen molar-refractivity contribution in [2.45, 2.75) is 44.8 Å². The number of benzene rings is 1. The van der Waals surface area contributed by atoms with Gasteiger partial charge < -0.3 is 10.2 Å². The third-order valence-electron chi connectivity index (χ3n) is 6.47. The van der Waals surface area contributed by atoms with Crippen LogP contribution in [0, 0.1) is 6.92 Å². The van der Waals surface area contributed by atoms with Crippen molar-refractivity contribution in [1.29, 1.82) is 0 Å². The third-order valence-corrected chi connectivity index (χ3v) is 6.47. The van der Waals surface area contributed by atoms with Gasteiger partial charge in [0, 0.05) is 18.8 Å². The number of nitrogens with zero attached hydrogens (tertiary/aromatic N) is 4. The molecule has 1 unspecified atom stereocenters. The smallest absolute Gasteiger partial charge is 0.329 e. The Labute approximate surface area is 210 Å². The number of amides is 2. The van der Waals surface area contributed by atoms with Crippen LogP contribution in [-0.2, 0) is 17.4 Å². The van der Waals surface area contributed by atoms with Crippen LogP contribution in [0.25, 0.3) is 5.65 Å². The van der Waals surface area contributed by atoms with Gasteiger partial charge in [0.15, 0.2) is 5.82 Å². The van der Waals surface area contributed by atoms with Gasteiger partial charge in [0.1, 0.15) is 17.0 Å². The SMILES string of the molecule is Cc1ccc(CC(=O)Nc2cc(C3CCCCN3C(=O)c3cn4c(C(F)(F)F)cccc4n3)[nH]n2)cc1. The summed E-state index contributed by atoms with van der Waals surface area (Å²) >= 11 is 0. The molecule has 2 N–H and O–H groups in total. The molecule has 0 bridgehead atoms. The highest BCUT2D eigenvalue weighted by molar-refractivity contribution is 5.93. The lowest BCUT2D eigenvalue weighted by atomic mass is 9.99. The summed E-state index contributed by atoms with van der Waals surface area (Å²) in [5, 5.41) is 9.87. The number of halogens is 3. The predicted molar refractivity (Wildman–Crippen MR) is 130 cm³/mol. The van der Waals surface area contributed by atoms with Crippen molar-refractivity contribution in [3.05, 3.63) is 82.9 Å². The molecular formula is C26H25F3N6O2. The number of anilines is 1. The molecule has 192 valence electrons. The molecule has 0 aliphatic carbocycles. The van der Waals surface area contributed by atoms with Crippen molar-refractivity contribution < 1.29 is 22.8 Å². The van der Waals surface area contributed by atoms with E-state index < -0.39 is 17.8 Å². The van der Waals surface area contributed by atoms with E-state index in [1.807, 2.05) is 31.2 Å². The minimum Gasteiger partial charge on any atom is -0.329 e. The topological polar surface area (TPSA) is 95.4 Å². The molecule has 1 saturated heterocycles. The fraction of sp³-hybridized carbons (Fsp3) is 0.308. The molecule has 0 saturated carbocycles. The number of hydrogen-bond acceptors (Lipinski definition) is 4. The molecule has 1 aromatic carbocycles. The van der Waals surface area contributed by atoms with Gasteiger partial charge in [0.05, 0.1) is 18.2 Å². The Morgan fingerprint density at radius 2 is 1.92 bits per heavy atom. The van der Waals surface area contributed by atoms with Crippen LogP contribution in [0.15, 0.2) is 54.7 Å². The van der Waals surface area contributed by atoms with Gasteiger partial charge >= 0.3 is 6.18 Å². The first kappa shape index (κ1) is 24.5. The lowest BCUT2D eigenvalue weighted by Gasteiger charge is -2.34. The highest BCUT2D eigenvalue weighted by Crippen LogP contribution is 2.33. The van der Waals surface area contributed by atoms with Crippen molar-refractivity contribution in [1.82, 2.24) is 24.5 Å². The van der Waals surface area contributed by atoms with Gasteiger partial charge in [-0.05, 0) is 43.9 Å². The Bertz CT molecular complexity index is 1440. The Balaban J connectivity index is 1.33. The first-order valence-electron chi connectivity index (χ1n) is 12.0.